The van der Waals surface area contributed by atoms with Crippen LogP contribution in [-0.2, 0) is 10.0 Å². The quantitative estimate of drug-likeness (QED) is 0.159. The van der Waals surface area contributed by atoms with Gasteiger partial charge in [-0.15, -0.1) is 0 Å². The van der Waals surface area contributed by atoms with Crippen LogP contribution in [0.1, 0.15) is 31.7 Å². The monoisotopic (exact) mass is 579 g/mol. The summed E-state index contributed by atoms with van der Waals surface area (Å²) in [5, 5.41) is 22.0. The molecule has 0 aromatic heterocycles. The average molecular weight is 580 g/mol. The Balaban J connectivity index is 1.76. The van der Waals surface area contributed by atoms with Gasteiger partial charge in [-0.3, -0.25) is 4.72 Å². The first-order chi connectivity index (χ1) is 18.6. The molecule has 0 aliphatic heterocycles. The van der Waals surface area contributed by atoms with Crippen LogP contribution in [0.5, 0.6) is 11.5 Å². The Morgan fingerprint density at radius 2 is 1.87 bits per heavy atom. The summed E-state index contributed by atoms with van der Waals surface area (Å²) in [5.41, 5.74) is 1.23. The van der Waals surface area contributed by atoms with Gasteiger partial charge in [0.2, 0.25) is 10.0 Å². The number of aliphatic hydroxyl groups excluding tert-OH is 2. The van der Waals surface area contributed by atoms with Crippen LogP contribution in [0.4, 0.5) is 31.5 Å². The number of benzene rings is 3. The van der Waals surface area contributed by atoms with Crippen molar-refractivity contribution in [3.05, 3.63) is 71.8 Å². The van der Waals surface area contributed by atoms with E-state index in [2.05, 4.69) is 14.8 Å². The Morgan fingerprint density at radius 3 is 2.54 bits per heavy atom. The second-order valence-electron chi connectivity index (χ2n) is 9.43. The SMILES string of the molecule is CCSNc1cccc(Oc2cc(F)cc(Nc3ccc(C)cc3F)c2NS(=O)(=O)C2(CC(O)CO)CC2)c1. The minimum Gasteiger partial charge on any atom is -0.455 e. The van der Waals surface area contributed by atoms with Gasteiger partial charge in [0.25, 0.3) is 0 Å². The molecule has 1 saturated carbocycles. The molecule has 0 heterocycles. The normalized spacial score (nSPS) is 14.9. The summed E-state index contributed by atoms with van der Waals surface area (Å²) in [5.74, 6) is -0.361. The number of aryl methyl sites for hydroxylation is 1. The second kappa shape index (κ2) is 12.0. The van der Waals surface area contributed by atoms with E-state index in [4.69, 9.17) is 4.74 Å². The van der Waals surface area contributed by atoms with Crippen LogP contribution in [0.2, 0.25) is 0 Å². The fourth-order valence-electron chi connectivity index (χ4n) is 4.10. The van der Waals surface area contributed by atoms with Gasteiger partial charge in [-0.2, -0.15) is 0 Å². The van der Waals surface area contributed by atoms with Gasteiger partial charge in [0.15, 0.2) is 5.75 Å². The molecule has 1 aliphatic carbocycles. The summed E-state index contributed by atoms with van der Waals surface area (Å²) in [6, 6.07) is 13.4. The molecule has 4 rings (SSSR count). The molecule has 8 nitrogen and oxygen atoms in total. The van der Waals surface area contributed by atoms with Gasteiger partial charge < -0.3 is 25.0 Å². The standard InChI is InChI=1S/C27H31F2N3O5S2/c1-3-38-31-19-5-4-6-21(14-19)37-25-13-18(28)12-24(30-23-8-7-17(2)11-22(23)29)26(25)32-39(35,36)27(9-10-27)15-20(34)16-33/h4-8,11-14,20,30-34H,3,9-10,15-16H2,1-2H3. The van der Waals surface area contributed by atoms with Gasteiger partial charge in [0.1, 0.15) is 23.1 Å². The zero-order valence-electron chi connectivity index (χ0n) is 21.5. The van der Waals surface area contributed by atoms with E-state index in [-0.39, 0.29) is 42.1 Å². The highest BCUT2D eigenvalue weighted by Crippen LogP contribution is 2.50. The maximum Gasteiger partial charge on any atom is 0.238 e. The molecule has 0 saturated heterocycles. The highest BCUT2D eigenvalue weighted by Gasteiger charge is 2.55. The number of hydrogen-bond acceptors (Lipinski definition) is 8. The van der Waals surface area contributed by atoms with Crippen LogP contribution in [0, 0.1) is 18.6 Å². The van der Waals surface area contributed by atoms with E-state index in [1.807, 2.05) is 13.0 Å². The minimum absolute atomic E-state index is 0.0113. The van der Waals surface area contributed by atoms with E-state index >= 15 is 0 Å². The molecule has 1 atom stereocenters. The predicted molar refractivity (Wildman–Crippen MR) is 151 cm³/mol. The van der Waals surface area contributed by atoms with Crippen molar-refractivity contribution in [2.75, 3.05) is 27.1 Å². The number of halogens is 2. The van der Waals surface area contributed by atoms with Crippen LogP contribution in [-0.4, -0.2) is 41.8 Å². The third-order valence-electron chi connectivity index (χ3n) is 6.29. The van der Waals surface area contributed by atoms with E-state index in [9.17, 15) is 27.4 Å². The highest BCUT2D eigenvalue weighted by atomic mass is 32.2. The number of nitrogens with one attached hydrogen (secondary N) is 3. The van der Waals surface area contributed by atoms with Crippen molar-refractivity contribution in [2.45, 2.75) is 44.0 Å². The summed E-state index contributed by atoms with van der Waals surface area (Å²) in [7, 11) is -4.16. The van der Waals surface area contributed by atoms with Crippen molar-refractivity contribution in [1.29, 1.82) is 0 Å². The number of anilines is 4. The Morgan fingerprint density at radius 1 is 1.10 bits per heavy atom. The first kappa shape index (κ1) is 28.9. The van der Waals surface area contributed by atoms with E-state index in [1.54, 1.807) is 31.2 Å². The average Bonchev–Trinajstić information content (AvgIpc) is 3.68. The smallest absolute Gasteiger partial charge is 0.238 e. The lowest BCUT2D eigenvalue weighted by atomic mass is 10.2. The predicted octanol–water partition coefficient (Wildman–Crippen LogP) is 5.91. The number of ether oxygens (including phenoxy) is 1. The summed E-state index contributed by atoms with van der Waals surface area (Å²) in [6.45, 7) is 3.13. The Bertz CT molecular complexity index is 1430. The number of sulfonamides is 1. The zero-order chi connectivity index (χ0) is 28.2. The lowest BCUT2D eigenvalue weighted by Gasteiger charge is -2.23. The number of aliphatic hydroxyl groups is 2. The molecule has 39 heavy (non-hydrogen) atoms. The van der Waals surface area contributed by atoms with Crippen molar-refractivity contribution >= 4 is 44.7 Å². The third-order valence-corrected chi connectivity index (χ3v) is 9.15. The van der Waals surface area contributed by atoms with Gasteiger partial charge >= 0.3 is 0 Å². The van der Waals surface area contributed by atoms with Crippen molar-refractivity contribution in [3.63, 3.8) is 0 Å². The Labute approximate surface area is 231 Å². The lowest BCUT2D eigenvalue weighted by Crippen LogP contribution is -2.34. The van der Waals surface area contributed by atoms with Crippen LogP contribution in [0.15, 0.2) is 54.6 Å². The van der Waals surface area contributed by atoms with E-state index in [1.165, 1.54) is 24.1 Å². The molecule has 0 radical (unpaired) electrons. The number of rotatable bonds is 13. The topological polar surface area (TPSA) is 120 Å². The van der Waals surface area contributed by atoms with Crippen LogP contribution < -0.4 is 19.5 Å². The van der Waals surface area contributed by atoms with E-state index in [0.717, 1.165) is 23.6 Å². The fourth-order valence-corrected chi connectivity index (χ4v) is 6.28. The van der Waals surface area contributed by atoms with Crippen molar-refractivity contribution in [2.24, 2.45) is 0 Å². The summed E-state index contributed by atoms with van der Waals surface area (Å²) < 4.78 is 67.0. The molecule has 0 amide bonds. The molecule has 0 bridgehead atoms. The van der Waals surface area contributed by atoms with Crippen molar-refractivity contribution in [1.82, 2.24) is 0 Å². The molecule has 3 aromatic carbocycles. The van der Waals surface area contributed by atoms with Gasteiger partial charge in [-0.25, -0.2) is 17.2 Å². The van der Waals surface area contributed by atoms with E-state index < -0.39 is 39.1 Å². The molecule has 12 heteroatoms. The van der Waals surface area contributed by atoms with Gasteiger partial charge in [-0.1, -0.05) is 31.0 Å². The fraction of sp³-hybridized carbons (Fsp3) is 0.333. The highest BCUT2D eigenvalue weighted by molar-refractivity contribution is 8.00. The van der Waals surface area contributed by atoms with Gasteiger partial charge in [0, 0.05) is 23.6 Å². The Hall–Kier alpha value is -3.06. The lowest BCUT2D eigenvalue weighted by molar-refractivity contribution is 0.0858. The van der Waals surface area contributed by atoms with Crippen LogP contribution in [0.3, 0.4) is 0 Å². The van der Waals surface area contributed by atoms with Crippen LogP contribution >= 0.6 is 11.9 Å². The molecule has 3 aromatic rings. The van der Waals surface area contributed by atoms with Gasteiger partial charge in [0.05, 0.1) is 28.8 Å². The summed E-state index contributed by atoms with van der Waals surface area (Å²) >= 11 is 1.47. The molecule has 210 valence electrons. The van der Waals surface area contributed by atoms with Crippen molar-refractivity contribution < 1.29 is 32.1 Å². The third kappa shape index (κ3) is 6.93. The Kier molecular flexibility index (Phi) is 8.90. The van der Waals surface area contributed by atoms with Crippen LogP contribution in [0.25, 0.3) is 0 Å². The first-order valence-corrected chi connectivity index (χ1v) is 14.9. The molecular formula is C27H31F2N3O5S2. The zero-order valence-corrected chi connectivity index (χ0v) is 23.1. The molecule has 0 spiro atoms. The molecular weight excluding hydrogens is 548 g/mol. The van der Waals surface area contributed by atoms with Crippen molar-refractivity contribution in [3.8, 4) is 11.5 Å². The number of hydrogen-bond donors (Lipinski definition) is 5. The first-order valence-electron chi connectivity index (χ1n) is 12.4. The maximum atomic E-state index is 14.9. The summed E-state index contributed by atoms with van der Waals surface area (Å²) in [4.78, 5) is 0. The molecule has 5 N–H and O–H groups in total. The summed E-state index contributed by atoms with van der Waals surface area (Å²) in [6.07, 6.45) is -0.846. The van der Waals surface area contributed by atoms with Gasteiger partial charge in [-0.05, 0) is 62.1 Å². The maximum absolute atomic E-state index is 14.9. The molecule has 1 unspecified atom stereocenters. The molecule has 1 fully saturated rings. The minimum atomic E-state index is -4.16. The largest absolute Gasteiger partial charge is 0.455 e. The van der Waals surface area contributed by atoms with E-state index in [0.29, 0.717) is 11.3 Å². The second-order valence-corrected chi connectivity index (χ2v) is 12.6. The molecule has 1 aliphatic rings.